The predicted molar refractivity (Wildman–Crippen MR) is 63.7 cm³/mol. The highest BCUT2D eigenvalue weighted by molar-refractivity contribution is 5.14. The van der Waals surface area contributed by atoms with Gasteiger partial charge in [-0.3, -0.25) is 4.68 Å². The number of hydrogen-bond donors (Lipinski definition) is 1. The maximum absolute atomic E-state index is 4.33. The molecular weight excluding hydrogens is 186 g/mol. The van der Waals surface area contributed by atoms with E-state index in [1.807, 2.05) is 11.7 Å². The molecule has 1 aromatic heterocycles. The first-order valence-electron chi connectivity index (χ1n) is 5.71. The zero-order chi connectivity index (χ0) is 11.4. The molecule has 0 saturated heterocycles. The first-order valence-corrected chi connectivity index (χ1v) is 5.71. The van der Waals surface area contributed by atoms with Crippen LogP contribution in [0.2, 0.25) is 0 Å². The molecule has 3 heteroatoms. The van der Waals surface area contributed by atoms with Crippen molar-refractivity contribution in [3.63, 3.8) is 0 Å². The second kappa shape index (κ2) is 5.31. The second-order valence-corrected chi connectivity index (χ2v) is 4.82. The minimum Gasteiger partial charge on any atom is -0.310 e. The molecule has 0 saturated carbocycles. The number of hydrogen-bond acceptors (Lipinski definition) is 2. The summed E-state index contributed by atoms with van der Waals surface area (Å²) >= 11 is 0. The lowest BCUT2D eigenvalue weighted by molar-refractivity contribution is 0.441. The number of rotatable bonds is 5. The van der Waals surface area contributed by atoms with Crippen molar-refractivity contribution in [2.75, 3.05) is 0 Å². The third kappa shape index (κ3) is 4.04. The van der Waals surface area contributed by atoms with Crippen molar-refractivity contribution >= 4 is 0 Å². The molecule has 86 valence electrons. The van der Waals surface area contributed by atoms with Gasteiger partial charge in [0.15, 0.2) is 0 Å². The minimum atomic E-state index is 0.574. The van der Waals surface area contributed by atoms with Gasteiger partial charge in [0, 0.05) is 31.4 Å². The summed E-state index contributed by atoms with van der Waals surface area (Å²) in [6.07, 6.45) is 3.31. The molecule has 1 unspecified atom stereocenters. The molecule has 1 heterocycles. The molecule has 1 rings (SSSR count). The molecule has 0 aliphatic rings. The van der Waals surface area contributed by atoms with Crippen molar-refractivity contribution in [3.05, 3.63) is 17.5 Å². The molecular formula is C12H23N3. The van der Waals surface area contributed by atoms with Gasteiger partial charge in [0.1, 0.15) is 0 Å². The summed E-state index contributed by atoms with van der Waals surface area (Å²) in [6.45, 7) is 9.74. The van der Waals surface area contributed by atoms with Crippen molar-refractivity contribution < 1.29 is 0 Å². The Hall–Kier alpha value is -0.830. The molecule has 0 bridgehead atoms. The summed E-state index contributed by atoms with van der Waals surface area (Å²) in [4.78, 5) is 0. The average Bonchev–Trinajstić information content (AvgIpc) is 2.40. The Bertz CT molecular complexity index is 302. The molecule has 0 aromatic carbocycles. The number of aryl methyl sites for hydroxylation is 2. The number of aromatic nitrogens is 2. The van der Waals surface area contributed by atoms with E-state index in [1.54, 1.807) is 0 Å². The SMILES string of the molecule is Cc1nn(C)cc1CNC(C)CC(C)C. The summed E-state index contributed by atoms with van der Waals surface area (Å²) in [7, 11) is 1.97. The summed E-state index contributed by atoms with van der Waals surface area (Å²) in [5.41, 5.74) is 2.43. The van der Waals surface area contributed by atoms with Crippen LogP contribution in [-0.2, 0) is 13.6 Å². The second-order valence-electron chi connectivity index (χ2n) is 4.82. The number of nitrogens with zero attached hydrogens (tertiary/aromatic N) is 2. The van der Waals surface area contributed by atoms with E-state index in [0.29, 0.717) is 6.04 Å². The summed E-state index contributed by atoms with van der Waals surface area (Å²) in [5.74, 6) is 0.752. The fourth-order valence-corrected chi connectivity index (χ4v) is 1.90. The Morgan fingerprint density at radius 2 is 2.07 bits per heavy atom. The van der Waals surface area contributed by atoms with Gasteiger partial charge in [-0.25, -0.2) is 0 Å². The van der Waals surface area contributed by atoms with Crippen molar-refractivity contribution in [1.29, 1.82) is 0 Å². The third-order valence-corrected chi connectivity index (χ3v) is 2.58. The van der Waals surface area contributed by atoms with Crippen LogP contribution in [0.1, 0.15) is 38.4 Å². The van der Waals surface area contributed by atoms with E-state index in [4.69, 9.17) is 0 Å². The van der Waals surface area contributed by atoms with Gasteiger partial charge in [-0.2, -0.15) is 5.10 Å². The molecule has 0 fully saturated rings. The monoisotopic (exact) mass is 209 g/mol. The summed E-state index contributed by atoms with van der Waals surface area (Å²) < 4.78 is 1.87. The quantitative estimate of drug-likeness (QED) is 0.806. The molecule has 0 amide bonds. The van der Waals surface area contributed by atoms with Crippen molar-refractivity contribution in [1.82, 2.24) is 15.1 Å². The molecule has 1 atom stereocenters. The van der Waals surface area contributed by atoms with E-state index in [2.05, 4.69) is 44.3 Å². The van der Waals surface area contributed by atoms with Gasteiger partial charge in [0.25, 0.3) is 0 Å². The predicted octanol–water partition coefficient (Wildman–Crippen LogP) is 2.25. The lowest BCUT2D eigenvalue weighted by atomic mass is 10.1. The topological polar surface area (TPSA) is 29.9 Å². The molecule has 0 spiro atoms. The molecule has 1 aromatic rings. The molecule has 15 heavy (non-hydrogen) atoms. The van der Waals surface area contributed by atoms with Crippen LogP contribution in [0.25, 0.3) is 0 Å². The summed E-state index contributed by atoms with van der Waals surface area (Å²) in [6, 6.07) is 0.574. The molecule has 0 aliphatic carbocycles. The fourth-order valence-electron chi connectivity index (χ4n) is 1.90. The Morgan fingerprint density at radius 1 is 1.40 bits per heavy atom. The average molecular weight is 209 g/mol. The Morgan fingerprint density at radius 3 is 2.53 bits per heavy atom. The van der Waals surface area contributed by atoms with Gasteiger partial charge in [0.05, 0.1) is 5.69 Å². The van der Waals surface area contributed by atoms with E-state index in [1.165, 1.54) is 12.0 Å². The van der Waals surface area contributed by atoms with Crippen molar-refractivity contribution in [2.24, 2.45) is 13.0 Å². The minimum absolute atomic E-state index is 0.574. The van der Waals surface area contributed by atoms with Gasteiger partial charge >= 0.3 is 0 Å². The van der Waals surface area contributed by atoms with Crippen LogP contribution in [0.4, 0.5) is 0 Å². The highest BCUT2D eigenvalue weighted by Crippen LogP contribution is 2.07. The van der Waals surface area contributed by atoms with E-state index in [-0.39, 0.29) is 0 Å². The van der Waals surface area contributed by atoms with Crippen molar-refractivity contribution in [2.45, 2.75) is 46.7 Å². The Labute approximate surface area is 92.9 Å². The van der Waals surface area contributed by atoms with Gasteiger partial charge < -0.3 is 5.32 Å². The van der Waals surface area contributed by atoms with Crippen LogP contribution in [0.5, 0.6) is 0 Å². The zero-order valence-electron chi connectivity index (χ0n) is 10.5. The van der Waals surface area contributed by atoms with E-state index < -0.39 is 0 Å². The largest absolute Gasteiger partial charge is 0.310 e. The van der Waals surface area contributed by atoms with Crippen molar-refractivity contribution in [3.8, 4) is 0 Å². The maximum Gasteiger partial charge on any atom is 0.0638 e. The molecule has 0 radical (unpaired) electrons. The first-order chi connectivity index (χ1) is 6.99. The van der Waals surface area contributed by atoms with Crippen LogP contribution in [0.3, 0.4) is 0 Å². The van der Waals surface area contributed by atoms with Crippen LogP contribution < -0.4 is 5.32 Å². The molecule has 3 nitrogen and oxygen atoms in total. The van der Waals surface area contributed by atoms with E-state index >= 15 is 0 Å². The zero-order valence-corrected chi connectivity index (χ0v) is 10.5. The fraction of sp³-hybridized carbons (Fsp3) is 0.750. The highest BCUT2D eigenvalue weighted by atomic mass is 15.2. The van der Waals surface area contributed by atoms with E-state index in [9.17, 15) is 0 Å². The van der Waals surface area contributed by atoms with Crippen LogP contribution in [0.15, 0.2) is 6.20 Å². The smallest absolute Gasteiger partial charge is 0.0638 e. The Kier molecular flexibility index (Phi) is 4.33. The van der Waals surface area contributed by atoms with Gasteiger partial charge in [0.2, 0.25) is 0 Å². The normalized spacial score (nSPS) is 13.5. The van der Waals surface area contributed by atoms with Gasteiger partial charge in [-0.1, -0.05) is 13.8 Å². The van der Waals surface area contributed by atoms with Crippen LogP contribution in [-0.4, -0.2) is 15.8 Å². The van der Waals surface area contributed by atoms with Crippen LogP contribution >= 0.6 is 0 Å². The van der Waals surface area contributed by atoms with Gasteiger partial charge in [-0.05, 0) is 26.2 Å². The van der Waals surface area contributed by atoms with E-state index in [0.717, 1.165) is 18.2 Å². The summed E-state index contributed by atoms with van der Waals surface area (Å²) in [5, 5.41) is 7.86. The molecule has 1 N–H and O–H groups in total. The Balaban J connectivity index is 2.40. The standard InChI is InChI=1S/C12H23N3/c1-9(2)6-10(3)13-7-12-8-15(5)14-11(12)4/h8-10,13H,6-7H2,1-5H3. The lowest BCUT2D eigenvalue weighted by Crippen LogP contribution is -2.26. The third-order valence-electron chi connectivity index (χ3n) is 2.58. The molecule has 0 aliphatic heterocycles. The van der Waals surface area contributed by atoms with Crippen LogP contribution in [0, 0.1) is 12.8 Å². The maximum atomic E-state index is 4.33. The van der Waals surface area contributed by atoms with Gasteiger partial charge in [-0.15, -0.1) is 0 Å². The highest BCUT2D eigenvalue weighted by Gasteiger charge is 2.07. The number of nitrogens with one attached hydrogen (secondary N) is 1. The first kappa shape index (κ1) is 12.2. The lowest BCUT2D eigenvalue weighted by Gasteiger charge is -2.15.